The van der Waals surface area contributed by atoms with E-state index in [1.807, 2.05) is 30.3 Å². The van der Waals surface area contributed by atoms with Crippen molar-refractivity contribution < 1.29 is 23.8 Å². The van der Waals surface area contributed by atoms with E-state index < -0.39 is 35.2 Å². The van der Waals surface area contributed by atoms with E-state index in [-0.39, 0.29) is 5.02 Å². The lowest BCUT2D eigenvalue weighted by Crippen LogP contribution is -2.67. The zero-order valence-electron chi connectivity index (χ0n) is 16.8. The number of esters is 1. The Morgan fingerprint density at radius 1 is 1.07 bits per heavy atom. The van der Waals surface area contributed by atoms with E-state index in [2.05, 4.69) is 0 Å². The maximum atomic E-state index is 15.2. The van der Waals surface area contributed by atoms with Gasteiger partial charge in [-0.25, -0.2) is 14.0 Å². The number of carboxylic acids is 1. The van der Waals surface area contributed by atoms with E-state index >= 15 is 4.39 Å². The minimum atomic E-state index is -3.09. The van der Waals surface area contributed by atoms with Crippen molar-refractivity contribution in [3.05, 3.63) is 59.1 Å². The second kappa shape index (κ2) is 8.13. The molecule has 0 saturated carbocycles. The summed E-state index contributed by atoms with van der Waals surface area (Å²) in [7, 11) is 0. The number of benzene rings is 2. The lowest BCUT2D eigenvalue weighted by molar-refractivity contribution is -0.176. The highest BCUT2D eigenvalue weighted by atomic mass is 35.5. The van der Waals surface area contributed by atoms with Gasteiger partial charge in [0, 0.05) is 11.4 Å². The number of hydrogen-bond donors (Lipinski definition) is 2. The molecule has 0 aliphatic carbocycles. The Bertz CT molecular complexity index is 909. The number of ether oxygens (including phenoxy) is 1. The average Bonchev–Trinajstić information content (AvgIpc) is 2.62. The molecule has 7 heteroatoms. The standard InChI is InChI=1S/C22H25ClFNO4/c1-20(2,3)29-19(28)22(25,21(4,24)18(26)27)13-16-11-10-15(12-17(16)23)14-8-6-5-7-9-14/h5-12H,13,25H2,1-4H3,(H,26,27). The average molecular weight is 422 g/mol. The van der Waals surface area contributed by atoms with E-state index in [0.717, 1.165) is 18.1 Å². The molecule has 5 nitrogen and oxygen atoms in total. The molecule has 0 aliphatic heterocycles. The Balaban J connectivity index is 2.46. The Hall–Kier alpha value is -2.44. The third-order valence-corrected chi connectivity index (χ3v) is 4.98. The maximum absolute atomic E-state index is 15.2. The minimum absolute atomic E-state index is 0.242. The number of aliphatic carboxylic acids is 1. The molecule has 0 fully saturated rings. The molecule has 0 radical (unpaired) electrons. The van der Waals surface area contributed by atoms with Gasteiger partial charge < -0.3 is 15.6 Å². The molecule has 0 heterocycles. The van der Waals surface area contributed by atoms with E-state index in [1.165, 1.54) is 0 Å². The predicted molar refractivity (Wildman–Crippen MR) is 111 cm³/mol. The lowest BCUT2D eigenvalue weighted by Gasteiger charge is -2.37. The topological polar surface area (TPSA) is 89.6 Å². The highest BCUT2D eigenvalue weighted by Crippen LogP contribution is 2.34. The summed E-state index contributed by atoms with van der Waals surface area (Å²) >= 11 is 6.38. The first kappa shape index (κ1) is 22.8. The third kappa shape index (κ3) is 4.95. The van der Waals surface area contributed by atoms with Crippen molar-refractivity contribution in [2.45, 2.75) is 50.9 Å². The van der Waals surface area contributed by atoms with E-state index in [0.29, 0.717) is 5.56 Å². The first-order valence-electron chi connectivity index (χ1n) is 9.06. The zero-order chi connectivity index (χ0) is 22.0. The summed E-state index contributed by atoms with van der Waals surface area (Å²) in [6, 6.07) is 14.5. The molecule has 0 bridgehead atoms. The number of carbonyl (C=O) groups excluding carboxylic acids is 1. The fraction of sp³-hybridized carbons (Fsp3) is 0.364. The summed E-state index contributed by atoms with van der Waals surface area (Å²) in [5.74, 6) is -3.01. The third-order valence-electron chi connectivity index (χ3n) is 4.63. The van der Waals surface area contributed by atoms with Gasteiger partial charge in [-0.3, -0.25) is 0 Å². The first-order chi connectivity index (χ1) is 13.3. The fourth-order valence-corrected chi connectivity index (χ4v) is 3.04. The summed E-state index contributed by atoms with van der Waals surface area (Å²) in [5.41, 5.74) is 1.63. The minimum Gasteiger partial charge on any atom is -0.479 e. The van der Waals surface area contributed by atoms with Crippen molar-refractivity contribution >= 4 is 23.5 Å². The van der Waals surface area contributed by atoms with Crippen LogP contribution in [-0.2, 0) is 20.7 Å². The van der Waals surface area contributed by atoms with Crippen molar-refractivity contribution in [1.29, 1.82) is 0 Å². The van der Waals surface area contributed by atoms with Gasteiger partial charge in [-0.2, -0.15) is 0 Å². The Morgan fingerprint density at radius 3 is 2.14 bits per heavy atom. The van der Waals surface area contributed by atoms with Crippen molar-refractivity contribution in [2.24, 2.45) is 5.73 Å². The van der Waals surface area contributed by atoms with Crippen LogP contribution in [0, 0.1) is 0 Å². The molecule has 0 amide bonds. The van der Waals surface area contributed by atoms with Crippen LogP contribution in [0.15, 0.2) is 48.5 Å². The molecule has 2 aromatic rings. The lowest BCUT2D eigenvalue weighted by atomic mass is 9.78. The van der Waals surface area contributed by atoms with Crippen molar-refractivity contribution in [3.8, 4) is 11.1 Å². The van der Waals surface area contributed by atoms with E-state index in [4.69, 9.17) is 22.1 Å². The SMILES string of the molecule is CC(C)(C)OC(=O)C(N)(Cc1ccc(-c2ccccc2)cc1Cl)C(C)(F)C(=O)O. The molecule has 2 unspecified atom stereocenters. The van der Waals surface area contributed by atoms with Crippen LogP contribution in [0.1, 0.15) is 33.3 Å². The highest BCUT2D eigenvalue weighted by molar-refractivity contribution is 6.31. The van der Waals surface area contributed by atoms with Crippen LogP contribution in [0.25, 0.3) is 11.1 Å². The number of carboxylic acid groups (broad SMARTS) is 1. The number of carbonyl (C=O) groups is 2. The highest BCUT2D eigenvalue weighted by Gasteiger charge is 2.59. The monoisotopic (exact) mass is 421 g/mol. The van der Waals surface area contributed by atoms with Crippen LogP contribution in [0.3, 0.4) is 0 Å². The second-order valence-corrected chi connectivity index (χ2v) is 8.54. The Kier molecular flexibility index (Phi) is 6.40. The van der Waals surface area contributed by atoms with Crippen LogP contribution < -0.4 is 5.73 Å². The van der Waals surface area contributed by atoms with Gasteiger partial charge in [-0.15, -0.1) is 0 Å². The summed E-state index contributed by atoms with van der Waals surface area (Å²) < 4.78 is 20.4. The molecule has 156 valence electrons. The maximum Gasteiger partial charge on any atom is 0.343 e. The van der Waals surface area contributed by atoms with Crippen LogP contribution >= 0.6 is 11.6 Å². The number of halogens is 2. The van der Waals surface area contributed by atoms with Gasteiger partial charge >= 0.3 is 11.9 Å². The molecule has 0 saturated heterocycles. The Labute approximate surface area is 174 Å². The normalized spacial score (nSPS) is 15.8. The number of rotatable bonds is 6. The van der Waals surface area contributed by atoms with Gasteiger partial charge in [0.1, 0.15) is 5.60 Å². The molecule has 2 atom stereocenters. The molecular formula is C22H25ClFNO4. The first-order valence-corrected chi connectivity index (χ1v) is 9.44. The second-order valence-electron chi connectivity index (χ2n) is 8.13. The molecule has 0 aromatic heterocycles. The summed E-state index contributed by atoms with van der Waals surface area (Å²) in [6.45, 7) is 5.52. The van der Waals surface area contributed by atoms with Crippen LogP contribution in [0.2, 0.25) is 5.02 Å². The predicted octanol–water partition coefficient (Wildman–Crippen LogP) is 4.40. The van der Waals surface area contributed by atoms with Gasteiger partial charge in [0.05, 0.1) is 0 Å². The van der Waals surface area contributed by atoms with E-state index in [1.54, 1.807) is 39.0 Å². The van der Waals surface area contributed by atoms with Crippen LogP contribution in [0.5, 0.6) is 0 Å². The van der Waals surface area contributed by atoms with Gasteiger partial charge in [0.25, 0.3) is 0 Å². The molecule has 2 rings (SSSR count). The van der Waals surface area contributed by atoms with E-state index in [9.17, 15) is 14.7 Å². The van der Waals surface area contributed by atoms with Crippen LogP contribution in [0.4, 0.5) is 4.39 Å². The van der Waals surface area contributed by atoms with Crippen LogP contribution in [-0.4, -0.2) is 33.9 Å². The van der Waals surface area contributed by atoms with Gasteiger partial charge in [0.15, 0.2) is 5.54 Å². The van der Waals surface area contributed by atoms with Gasteiger partial charge in [-0.05, 0) is 50.5 Å². The van der Waals surface area contributed by atoms with Crippen molar-refractivity contribution in [2.75, 3.05) is 0 Å². The molecule has 0 aliphatic rings. The zero-order valence-corrected chi connectivity index (χ0v) is 17.6. The van der Waals surface area contributed by atoms with Crippen molar-refractivity contribution in [1.82, 2.24) is 0 Å². The smallest absolute Gasteiger partial charge is 0.343 e. The summed E-state index contributed by atoms with van der Waals surface area (Å²) in [4.78, 5) is 24.3. The number of nitrogens with two attached hydrogens (primary N) is 1. The number of alkyl halides is 1. The molecule has 0 spiro atoms. The molecule has 2 aromatic carbocycles. The van der Waals surface area contributed by atoms with Gasteiger partial charge in [0.2, 0.25) is 5.67 Å². The summed E-state index contributed by atoms with van der Waals surface area (Å²) in [6.07, 6.45) is -0.449. The largest absolute Gasteiger partial charge is 0.479 e. The summed E-state index contributed by atoms with van der Waals surface area (Å²) in [5, 5.41) is 9.61. The molecule has 29 heavy (non-hydrogen) atoms. The number of hydrogen-bond acceptors (Lipinski definition) is 4. The molecular weight excluding hydrogens is 397 g/mol. The quantitative estimate of drug-likeness (QED) is 0.674. The van der Waals surface area contributed by atoms with Crippen molar-refractivity contribution in [3.63, 3.8) is 0 Å². The Morgan fingerprint density at radius 2 is 1.66 bits per heavy atom. The fourth-order valence-electron chi connectivity index (χ4n) is 2.79. The van der Waals surface area contributed by atoms with Gasteiger partial charge in [-0.1, -0.05) is 54.1 Å². The molecule has 3 N–H and O–H groups in total.